The standard InChI is InChI=1S/C19H27FN2O5S/c1-4-13(2)17(19(24)27-3)21-18(23)14-9-11-22(12-10-14)28(25,26)16-7-5-15(20)6-8-16/h5-8,13-14,17H,4,9-12H2,1-3H3,(H,21,23). The summed E-state index contributed by atoms with van der Waals surface area (Å²) in [5.74, 6) is -1.71. The van der Waals surface area contributed by atoms with Gasteiger partial charge >= 0.3 is 5.97 Å². The fourth-order valence-electron chi connectivity index (χ4n) is 3.18. The van der Waals surface area contributed by atoms with Gasteiger partial charge in [0.2, 0.25) is 15.9 Å². The number of methoxy groups -OCH3 is 1. The fourth-order valence-corrected chi connectivity index (χ4v) is 4.65. The molecular weight excluding hydrogens is 387 g/mol. The largest absolute Gasteiger partial charge is 0.467 e. The maximum Gasteiger partial charge on any atom is 0.328 e. The number of carbonyl (C=O) groups is 2. The summed E-state index contributed by atoms with van der Waals surface area (Å²) < 4.78 is 44.4. The van der Waals surface area contributed by atoms with Gasteiger partial charge in [-0.05, 0) is 43.0 Å². The molecule has 1 heterocycles. The molecule has 1 aliphatic heterocycles. The molecule has 2 rings (SSSR count). The molecule has 0 saturated carbocycles. The van der Waals surface area contributed by atoms with E-state index in [2.05, 4.69) is 5.32 Å². The van der Waals surface area contributed by atoms with E-state index in [0.717, 1.165) is 12.1 Å². The number of benzene rings is 1. The number of piperidine rings is 1. The summed E-state index contributed by atoms with van der Waals surface area (Å²) in [4.78, 5) is 24.6. The second kappa shape index (κ2) is 9.47. The first-order valence-electron chi connectivity index (χ1n) is 9.34. The minimum atomic E-state index is -3.72. The van der Waals surface area contributed by atoms with Crippen LogP contribution in [0.5, 0.6) is 0 Å². The molecule has 0 bridgehead atoms. The highest BCUT2D eigenvalue weighted by Gasteiger charge is 2.34. The van der Waals surface area contributed by atoms with Crippen LogP contribution in [0.25, 0.3) is 0 Å². The molecule has 1 amide bonds. The Hall–Kier alpha value is -2.00. The molecule has 0 spiro atoms. The second-order valence-electron chi connectivity index (χ2n) is 7.03. The molecule has 1 aromatic rings. The third kappa shape index (κ3) is 5.08. The summed E-state index contributed by atoms with van der Waals surface area (Å²) >= 11 is 0. The van der Waals surface area contributed by atoms with Crippen LogP contribution in [0.2, 0.25) is 0 Å². The van der Waals surface area contributed by atoms with Gasteiger partial charge in [0.15, 0.2) is 0 Å². The van der Waals surface area contributed by atoms with Crippen LogP contribution in [0.3, 0.4) is 0 Å². The minimum absolute atomic E-state index is 0.0272. The average molecular weight is 414 g/mol. The van der Waals surface area contributed by atoms with Gasteiger partial charge in [-0.3, -0.25) is 4.79 Å². The van der Waals surface area contributed by atoms with Crippen molar-refractivity contribution in [3.05, 3.63) is 30.1 Å². The van der Waals surface area contributed by atoms with Gasteiger partial charge in [-0.15, -0.1) is 0 Å². The Bertz CT molecular complexity index is 789. The Balaban J connectivity index is 1.99. The highest BCUT2D eigenvalue weighted by molar-refractivity contribution is 7.89. The van der Waals surface area contributed by atoms with Crippen molar-refractivity contribution in [3.63, 3.8) is 0 Å². The van der Waals surface area contributed by atoms with Gasteiger partial charge in [0.25, 0.3) is 0 Å². The number of ether oxygens (including phenoxy) is 1. The van der Waals surface area contributed by atoms with Crippen LogP contribution in [0.15, 0.2) is 29.2 Å². The summed E-state index contributed by atoms with van der Waals surface area (Å²) in [5.41, 5.74) is 0. The molecule has 0 radical (unpaired) electrons. The highest BCUT2D eigenvalue weighted by Crippen LogP contribution is 2.24. The predicted molar refractivity (Wildman–Crippen MR) is 101 cm³/mol. The summed E-state index contributed by atoms with van der Waals surface area (Å²) in [6.07, 6.45) is 1.40. The number of halogens is 1. The third-order valence-electron chi connectivity index (χ3n) is 5.24. The van der Waals surface area contributed by atoms with E-state index in [4.69, 9.17) is 4.74 Å². The molecule has 28 heavy (non-hydrogen) atoms. The lowest BCUT2D eigenvalue weighted by Gasteiger charge is -2.32. The first-order valence-corrected chi connectivity index (χ1v) is 10.8. The van der Waals surface area contributed by atoms with E-state index < -0.39 is 27.9 Å². The number of amides is 1. The number of nitrogens with one attached hydrogen (secondary N) is 1. The molecule has 2 unspecified atom stereocenters. The van der Waals surface area contributed by atoms with E-state index in [1.165, 1.54) is 23.5 Å². The zero-order chi connectivity index (χ0) is 20.9. The Morgan fingerprint density at radius 2 is 1.82 bits per heavy atom. The van der Waals surface area contributed by atoms with Crippen LogP contribution >= 0.6 is 0 Å². The van der Waals surface area contributed by atoms with Crippen molar-refractivity contribution in [3.8, 4) is 0 Å². The van der Waals surface area contributed by atoms with Gasteiger partial charge in [-0.25, -0.2) is 17.6 Å². The van der Waals surface area contributed by atoms with Crippen LogP contribution in [-0.2, 0) is 24.3 Å². The Morgan fingerprint density at radius 1 is 1.25 bits per heavy atom. The van der Waals surface area contributed by atoms with Crippen molar-refractivity contribution < 1.29 is 27.1 Å². The number of sulfonamides is 1. The number of hydrogen-bond acceptors (Lipinski definition) is 5. The molecular formula is C19H27FN2O5S. The van der Waals surface area contributed by atoms with Crippen LogP contribution in [0.4, 0.5) is 4.39 Å². The summed E-state index contributed by atoms with van der Waals surface area (Å²) in [5, 5.41) is 2.76. The smallest absolute Gasteiger partial charge is 0.328 e. The molecule has 156 valence electrons. The van der Waals surface area contributed by atoms with Crippen LogP contribution < -0.4 is 5.32 Å². The second-order valence-corrected chi connectivity index (χ2v) is 8.97. The lowest BCUT2D eigenvalue weighted by Crippen LogP contribution is -2.50. The monoisotopic (exact) mass is 414 g/mol. The number of hydrogen-bond donors (Lipinski definition) is 1. The summed E-state index contributed by atoms with van der Waals surface area (Å²) in [6.45, 7) is 4.15. The molecule has 0 aliphatic carbocycles. The number of esters is 1. The van der Waals surface area contributed by atoms with Gasteiger partial charge in [0, 0.05) is 19.0 Å². The van der Waals surface area contributed by atoms with Gasteiger partial charge in [0.1, 0.15) is 11.9 Å². The van der Waals surface area contributed by atoms with E-state index in [9.17, 15) is 22.4 Å². The van der Waals surface area contributed by atoms with E-state index in [1.54, 1.807) is 0 Å². The first kappa shape index (κ1) is 22.3. The van der Waals surface area contributed by atoms with Gasteiger partial charge in [-0.1, -0.05) is 20.3 Å². The maximum atomic E-state index is 13.0. The minimum Gasteiger partial charge on any atom is -0.467 e. The Kier molecular flexibility index (Phi) is 7.54. The zero-order valence-electron chi connectivity index (χ0n) is 16.4. The van der Waals surface area contributed by atoms with E-state index in [1.807, 2.05) is 13.8 Å². The van der Waals surface area contributed by atoms with Gasteiger partial charge < -0.3 is 10.1 Å². The number of nitrogens with zero attached hydrogens (tertiary/aromatic N) is 1. The van der Waals surface area contributed by atoms with E-state index >= 15 is 0 Å². The quantitative estimate of drug-likeness (QED) is 0.688. The SMILES string of the molecule is CCC(C)C(NC(=O)C1CCN(S(=O)(=O)c2ccc(F)cc2)CC1)C(=O)OC. The zero-order valence-corrected chi connectivity index (χ0v) is 17.2. The van der Waals surface area contributed by atoms with E-state index in [-0.39, 0.29) is 35.7 Å². The van der Waals surface area contributed by atoms with Crippen molar-refractivity contribution in [2.75, 3.05) is 20.2 Å². The molecule has 1 fully saturated rings. The summed E-state index contributed by atoms with van der Waals surface area (Å²) in [7, 11) is -2.44. The number of rotatable bonds is 7. The van der Waals surface area contributed by atoms with Crippen LogP contribution in [0.1, 0.15) is 33.1 Å². The normalized spacial score (nSPS) is 18.3. The first-order chi connectivity index (χ1) is 13.2. The lowest BCUT2D eigenvalue weighted by atomic mass is 9.94. The van der Waals surface area contributed by atoms with Gasteiger partial charge in [-0.2, -0.15) is 4.31 Å². The van der Waals surface area contributed by atoms with Crippen LogP contribution in [0, 0.1) is 17.7 Å². The lowest BCUT2D eigenvalue weighted by molar-refractivity contribution is -0.147. The molecule has 1 aromatic carbocycles. The maximum absolute atomic E-state index is 13.0. The fraction of sp³-hybridized carbons (Fsp3) is 0.579. The molecule has 1 aliphatic rings. The number of carbonyl (C=O) groups excluding carboxylic acids is 2. The molecule has 9 heteroatoms. The van der Waals surface area contributed by atoms with Crippen molar-refractivity contribution in [1.29, 1.82) is 0 Å². The van der Waals surface area contributed by atoms with Gasteiger partial charge in [0.05, 0.1) is 12.0 Å². The predicted octanol–water partition coefficient (Wildman–Crippen LogP) is 1.93. The molecule has 1 N–H and O–H groups in total. The van der Waals surface area contributed by atoms with Crippen molar-refractivity contribution in [1.82, 2.24) is 9.62 Å². The molecule has 1 saturated heterocycles. The molecule has 7 nitrogen and oxygen atoms in total. The third-order valence-corrected chi connectivity index (χ3v) is 7.15. The molecule has 0 aromatic heterocycles. The topological polar surface area (TPSA) is 92.8 Å². The Morgan fingerprint density at radius 3 is 2.32 bits per heavy atom. The van der Waals surface area contributed by atoms with Crippen molar-refractivity contribution in [2.24, 2.45) is 11.8 Å². The summed E-state index contributed by atoms with van der Waals surface area (Å²) in [6, 6.07) is 3.96. The average Bonchev–Trinajstić information content (AvgIpc) is 2.71. The van der Waals surface area contributed by atoms with Crippen molar-refractivity contribution >= 4 is 21.9 Å². The van der Waals surface area contributed by atoms with Crippen LogP contribution in [-0.4, -0.2) is 50.8 Å². The molecule has 2 atom stereocenters. The van der Waals surface area contributed by atoms with E-state index in [0.29, 0.717) is 19.3 Å². The Labute approximate surface area is 165 Å². The van der Waals surface area contributed by atoms with Crippen molar-refractivity contribution in [2.45, 2.75) is 44.0 Å². The highest BCUT2D eigenvalue weighted by atomic mass is 32.2.